The Labute approximate surface area is 143 Å². The van der Waals surface area contributed by atoms with Gasteiger partial charge >= 0.3 is 0 Å². The van der Waals surface area contributed by atoms with Gasteiger partial charge in [-0.25, -0.2) is 0 Å². The smallest absolute Gasteiger partial charge is 0.251 e. The van der Waals surface area contributed by atoms with Crippen LogP contribution in [0, 0.1) is 5.92 Å². The standard InChI is InChI=1S/C17H24N2O3.ClH/c18-11-14(12-4-2-1-3-5-12)19-17(20)13-6-7-15-16(10-13)22-9-8-21-15;/h6-7,10,12,14H,1-5,8-9,11,18H2,(H,19,20);1H. The average Bonchev–Trinajstić information content (AvgIpc) is 2.59. The van der Waals surface area contributed by atoms with Gasteiger partial charge in [-0.05, 0) is 37.0 Å². The van der Waals surface area contributed by atoms with Crippen LogP contribution in [0.2, 0.25) is 0 Å². The lowest BCUT2D eigenvalue weighted by molar-refractivity contribution is 0.0914. The van der Waals surface area contributed by atoms with Crippen molar-refractivity contribution in [1.82, 2.24) is 5.32 Å². The number of carbonyl (C=O) groups is 1. The van der Waals surface area contributed by atoms with Crippen LogP contribution in [0.15, 0.2) is 18.2 Å². The van der Waals surface area contributed by atoms with Gasteiger partial charge in [-0.15, -0.1) is 12.4 Å². The van der Waals surface area contributed by atoms with E-state index >= 15 is 0 Å². The molecule has 6 heteroatoms. The van der Waals surface area contributed by atoms with E-state index in [-0.39, 0.29) is 24.4 Å². The van der Waals surface area contributed by atoms with Crippen molar-refractivity contribution >= 4 is 18.3 Å². The first-order valence-corrected chi connectivity index (χ1v) is 8.18. The lowest BCUT2D eigenvalue weighted by Crippen LogP contribution is -2.45. The van der Waals surface area contributed by atoms with Gasteiger partial charge in [-0.1, -0.05) is 19.3 Å². The molecule has 23 heavy (non-hydrogen) atoms. The molecular formula is C17H25ClN2O3. The summed E-state index contributed by atoms with van der Waals surface area (Å²) < 4.78 is 11.0. The molecular weight excluding hydrogens is 316 g/mol. The monoisotopic (exact) mass is 340 g/mol. The van der Waals surface area contributed by atoms with E-state index in [1.165, 1.54) is 19.3 Å². The van der Waals surface area contributed by atoms with Gasteiger partial charge in [0.1, 0.15) is 13.2 Å². The van der Waals surface area contributed by atoms with Crippen LogP contribution in [0.4, 0.5) is 0 Å². The molecule has 1 atom stereocenters. The molecule has 1 unspecified atom stereocenters. The van der Waals surface area contributed by atoms with E-state index in [2.05, 4.69) is 5.32 Å². The number of ether oxygens (including phenoxy) is 2. The Morgan fingerprint density at radius 1 is 1.17 bits per heavy atom. The Balaban J connectivity index is 0.00000192. The number of benzene rings is 1. The van der Waals surface area contributed by atoms with Gasteiger partial charge in [-0.2, -0.15) is 0 Å². The zero-order valence-electron chi connectivity index (χ0n) is 13.3. The summed E-state index contributed by atoms with van der Waals surface area (Å²) in [6.45, 7) is 1.56. The van der Waals surface area contributed by atoms with Gasteiger partial charge in [0, 0.05) is 18.2 Å². The van der Waals surface area contributed by atoms with Crippen LogP contribution in [-0.2, 0) is 0 Å². The Kier molecular flexibility index (Phi) is 6.54. The molecule has 0 aromatic heterocycles. The molecule has 3 N–H and O–H groups in total. The van der Waals surface area contributed by atoms with E-state index in [4.69, 9.17) is 15.2 Å². The summed E-state index contributed by atoms with van der Waals surface area (Å²) in [5.74, 6) is 1.75. The number of hydrogen-bond donors (Lipinski definition) is 2. The predicted octanol–water partition coefficient (Wildman–Crippen LogP) is 2.52. The lowest BCUT2D eigenvalue weighted by atomic mass is 9.84. The third-order valence-corrected chi connectivity index (χ3v) is 4.59. The summed E-state index contributed by atoms with van der Waals surface area (Å²) in [5.41, 5.74) is 6.48. The number of hydrogen-bond acceptors (Lipinski definition) is 4. The quantitative estimate of drug-likeness (QED) is 0.883. The summed E-state index contributed by atoms with van der Waals surface area (Å²) in [6, 6.07) is 5.37. The number of halogens is 1. The number of nitrogens with one attached hydrogen (secondary N) is 1. The maximum Gasteiger partial charge on any atom is 0.251 e. The summed E-state index contributed by atoms with van der Waals surface area (Å²) in [4.78, 5) is 12.5. The van der Waals surface area contributed by atoms with Gasteiger partial charge in [-0.3, -0.25) is 4.79 Å². The van der Waals surface area contributed by atoms with Crippen molar-refractivity contribution < 1.29 is 14.3 Å². The minimum Gasteiger partial charge on any atom is -0.486 e. The van der Waals surface area contributed by atoms with Crippen molar-refractivity contribution in [2.75, 3.05) is 19.8 Å². The molecule has 0 radical (unpaired) electrons. The fourth-order valence-corrected chi connectivity index (χ4v) is 3.34. The molecule has 1 fully saturated rings. The SMILES string of the molecule is Cl.NCC(NC(=O)c1ccc2c(c1)OCCO2)C1CCCCC1. The van der Waals surface area contributed by atoms with Crippen LogP contribution in [0.25, 0.3) is 0 Å². The second kappa shape index (κ2) is 8.41. The summed E-state index contributed by atoms with van der Waals surface area (Å²) in [6.07, 6.45) is 6.08. The predicted molar refractivity (Wildman–Crippen MR) is 91.6 cm³/mol. The molecule has 1 aliphatic carbocycles. The molecule has 0 bridgehead atoms. The van der Waals surface area contributed by atoms with Gasteiger partial charge in [0.15, 0.2) is 11.5 Å². The normalized spacial score (nSPS) is 18.7. The summed E-state index contributed by atoms with van der Waals surface area (Å²) in [7, 11) is 0. The van der Waals surface area contributed by atoms with E-state index in [1.54, 1.807) is 18.2 Å². The fourth-order valence-electron chi connectivity index (χ4n) is 3.34. The fraction of sp³-hybridized carbons (Fsp3) is 0.588. The molecule has 1 aromatic rings. The van der Waals surface area contributed by atoms with E-state index in [0.29, 0.717) is 42.7 Å². The third-order valence-electron chi connectivity index (χ3n) is 4.59. The lowest BCUT2D eigenvalue weighted by Gasteiger charge is -2.30. The first-order valence-electron chi connectivity index (χ1n) is 8.18. The Morgan fingerprint density at radius 2 is 1.87 bits per heavy atom. The topological polar surface area (TPSA) is 73.6 Å². The van der Waals surface area contributed by atoms with Crippen LogP contribution >= 0.6 is 12.4 Å². The molecule has 1 heterocycles. The number of nitrogens with two attached hydrogens (primary N) is 1. The van der Waals surface area contributed by atoms with Crippen LogP contribution < -0.4 is 20.5 Å². The Bertz CT molecular complexity index is 533. The van der Waals surface area contributed by atoms with E-state index in [0.717, 1.165) is 12.8 Å². The van der Waals surface area contributed by atoms with Crippen molar-refractivity contribution in [2.45, 2.75) is 38.1 Å². The molecule has 1 saturated carbocycles. The second-order valence-electron chi connectivity index (χ2n) is 6.07. The van der Waals surface area contributed by atoms with E-state index in [1.807, 2.05) is 0 Å². The zero-order valence-corrected chi connectivity index (χ0v) is 14.1. The van der Waals surface area contributed by atoms with E-state index < -0.39 is 0 Å². The molecule has 128 valence electrons. The van der Waals surface area contributed by atoms with Crippen molar-refractivity contribution in [2.24, 2.45) is 11.7 Å². The summed E-state index contributed by atoms with van der Waals surface area (Å²) >= 11 is 0. The minimum atomic E-state index is -0.0852. The molecule has 2 aliphatic rings. The number of fused-ring (bicyclic) bond motifs is 1. The molecule has 1 amide bonds. The van der Waals surface area contributed by atoms with Gasteiger partial charge in [0.25, 0.3) is 5.91 Å². The van der Waals surface area contributed by atoms with Gasteiger partial charge in [0.05, 0.1) is 0 Å². The summed E-state index contributed by atoms with van der Waals surface area (Å²) in [5, 5.41) is 3.10. The molecule has 1 aromatic carbocycles. The largest absolute Gasteiger partial charge is 0.486 e. The molecule has 0 spiro atoms. The highest BCUT2D eigenvalue weighted by Crippen LogP contribution is 2.31. The first-order chi connectivity index (χ1) is 10.8. The minimum absolute atomic E-state index is 0. The number of amides is 1. The molecule has 5 nitrogen and oxygen atoms in total. The molecule has 1 aliphatic heterocycles. The van der Waals surface area contributed by atoms with Gasteiger partial charge in [0.2, 0.25) is 0 Å². The maximum atomic E-state index is 12.5. The third kappa shape index (κ3) is 4.30. The first kappa shape index (κ1) is 17.9. The van der Waals surface area contributed by atoms with Crippen molar-refractivity contribution in [3.8, 4) is 11.5 Å². The van der Waals surface area contributed by atoms with Crippen molar-refractivity contribution in [3.63, 3.8) is 0 Å². The highest BCUT2D eigenvalue weighted by Gasteiger charge is 2.25. The highest BCUT2D eigenvalue weighted by atomic mass is 35.5. The van der Waals surface area contributed by atoms with E-state index in [9.17, 15) is 4.79 Å². The molecule has 3 rings (SSSR count). The number of carbonyl (C=O) groups excluding carboxylic acids is 1. The second-order valence-corrected chi connectivity index (χ2v) is 6.07. The average molecular weight is 341 g/mol. The van der Waals surface area contributed by atoms with Crippen LogP contribution in [0.3, 0.4) is 0 Å². The van der Waals surface area contributed by atoms with Gasteiger partial charge < -0.3 is 20.5 Å². The van der Waals surface area contributed by atoms with Crippen LogP contribution in [0.5, 0.6) is 11.5 Å². The number of rotatable bonds is 4. The van der Waals surface area contributed by atoms with Crippen molar-refractivity contribution in [1.29, 1.82) is 0 Å². The Hall–Kier alpha value is -1.46. The van der Waals surface area contributed by atoms with Crippen LogP contribution in [0.1, 0.15) is 42.5 Å². The zero-order chi connectivity index (χ0) is 15.4. The Morgan fingerprint density at radius 3 is 2.57 bits per heavy atom. The molecule has 0 saturated heterocycles. The van der Waals surface area contributed by atoms with Crippen LogP contribution in [-0.4, -0.2) is 31.7 Å². The highest BCUT2D eigenvalue weighted by molar-refractivity contribution is 5.95. The maximum absolute atomic E-state index is 12.5. The van der Waals surface area contributed by atoms with Crippen molar-refractivity contribution in [3.05, 3.63) is 23.8 Å².